The molecule has 1 unspecified atom stereocenters. The van der Waals surface area contributed by atoms with E-state index in [1.807, 2.05) is 6.07 Å². The van der Waals surface area contributed by atoms with Crippen LogP contribution in [0, 0.1) is 5.92 Å². The maximum Gasteiger partial charge on any atom is 0.407 e. The van der Waals surface area contributed by atoms with Gasteiger partial charge in [-0.3, -0.25) is 9.59 Å². The topological polar surface area (TPSA) is 72.5 Å². The van der Waals surface area contributed by atoms with Gasteiger partial charge in [-0.2, -0.15) is 0 Å². The molecule has 0 spiro atoms. The van der Waals surface area contributed by atoms with E-state index in [1.54, 1.807) is 24.3 Å². The van der Waals surface area contributed by atoms with Gasteiger partial charge in [0.05, 0.1) is 13.2 Å². The molecule has 0 saturated carbocycles. The lowest BCUT2D eigenvalue weighted by molar-refractivity contribution is -0.131. The molecule has 102 valence electrons. The summed E-state index contributed by atoms with van der Waals surface area (Å²) in [4.78, 5) is 34.7. The highest BCUT2D eigenvalue weighted by atomic mass is 16.5. The van der Waals surface area contributed by atoms with Crippen LogP contribution in [0.25, 0.3) is 0 Å². The van der Waals surface area contributed by atoms with Gasteiger partial charge in [0, 0.05) is 0 Å². The maximum atomic E-state index is 11.7. The van der Waals surface area contributed by atoms with Crippen LogP contribution in [0.15, 0.2) is 30.3 Å². The van der Waals surface area contributed by atoms with E-state index in [1.165, 1.54) is 21.0 Å². The molecule has 0 fully saturated rings. The first-order chi connectivity index (χ1) is 8.97. The van der Waals surface area contributed by atoms with E-state index in [0.717, 1.165) is 0 Å². The average Bonchev–Trinajstić information content (AvgIpc) is 2.37. The van der Waals surface area contributed by atoms with Gasteiger partial charge in [-0.1, -0.05) is 30.3 Å². The minimum atomic E-state index is -0.915. The molecule has 0 aromatic heterocycles. The third kappa shape index (κ3) is 3.91. The molecule has 0 saturated heterocycles. The van der Waals surface area contributed by atoms with Crippen molar-refractivity contribution < 1.29 is 19.1 Å². The van der Waals surface area contributed by atoms with Gasteiger partial charge in [-0.15, -0.1) is 0 Å². The van der Waals surface area contributed by atoms with Gasteiger partial charge in [-0.25, -0.2) is 4.79 Å². The SMILES string of the molecule is COC(=O)NC(c1ccccc1)C(C(C)=O)C(C)=O. The van der Waals surface area contributed by atoms with Crippen LogP contribution in [-0.4, -0.2) is 24.8 Å². The third-order valence-electron chi connectivity index (χ3n) is 2.83. The second-order valence-corrected chi connectivity index (χ2v) is 4.22. The quantitative estimate of drug-likeness (QED) is 0.823. The molecule has 5 heteroatoms. The van der Waals surface area contributed by atoms with E-state index in [9.17, 15) is 14.4 Å². The van der Waals surface area contributed by atoms with Gasteiger partial charge in [0.2, 0.25) is 0 Å². The highest BCUT2D eigenvalue weighted by molar-refractivity contribution is 6.01. The molecule has 1 amide bonds. The highest BCUT2D eigenvalue weighted by Gasteiger charge is 2.32. The smallest absolute Gasteiger partial charge is 0.407 e. The van der Waals surface area contributed by atoms with Crippen molar-refractivity contribution in [2.75, 3.05) is 7.11 Å². The van der Waals surface area contributed by atoms with Gasteiger partial charge in [0.1, 0.15) is 17.5 Å². The maximum absolute atomic E-state index is 11.7. The second kappa shape index (κ2) is 6.68. The molecule has 5 nitrogen and oxygen atoms in total. The molecule has 19 heavy (non-hydrogen) atoms. The van der Waals surface area contributed by atoms with Crippen molar-refractivity contribution in [3.63, 3.8) is 0 Å². The number of rotatable bonds is 5. The Hall–Kier alpha value is -2.17. The van der Waals surface area contributed by atoms with Crippen molar-refractivity contribution in [1.29, 1.82) is 0 Å². The van der Waals surface area contributed by atoms with Crippen LogP contribution in [0.4, 0.5) is 4.79 Å². The Balaban J connectivity index is 3.14. The summed E-state index contributed by atoms with van der Waals surface area (Å²) in [5.41, 5.74) is 0.684. The van der Waals surface area contributed by atoms with E-state index >= 15 is 0 Å². The number of alkyl carbamates (subject to hydrolysis) is 1. The molecular weight excluding hydrogens is 246 g/mol. The van der Waals surface area contributed by atoms with Crippen molar-refractivity contribution in [3.8, 4) is 0 Å². The molecule has 1 rings (SSSR count). The summed E-state index contributed by atoms with van der Waals surface area (Å²) >= 11 is 0. The second-order valence-electron chi connectivity index (χ2n) is 4.22. The lowest BCUT2D eigenvalue weighted by Gasteiger charge is -2.24. The van der Waals surface area contributed by atoms with E-state index in [0.29, 0.717) is 5.56 Å². The Morgan fingerprint density at radius 1 is 1.05 bits per heavy atom. The van der Waals surface area contributed by atoms with E-state index in [2.05, 4.69) is 10.1 Å². The Kier molecular flexibility index (Phi) is 5.23. The van der Waals surface area contributed by atoms with Crippen molar-refractivity contribution in [2.24, 2.45) is 5.92 Å². The van der Waals surface area contributed by atoms with E-state index < -0.39 is 18.1 Å². The first kappa shape index (κ1) is 14.9. The summed E-state index contributed by atoms with van der Waals surface area (Å²) in [6, 6.07) is 8.15. The predicted molar refractivity (Wildman–Crippen MR) is 69.6 cm³/mol. The van der Waals surface area contributed by atoms with Crippen LogP contribution < -0.4 is 5.32 Å². The van der Waals surface area contributed by atoms with Gasteiger partial charge in [-0.05, 0) is 19.4 Å². The number of ketones is 2. The minimum Gasteiger partial charge on any atom is -0.453 e. The van der Waals surface area contributed by atoms with Crippen LogP contribution in [-0.2, 0) is 14.3 Å². The molecule has 0 radical (unpaired) electrons. The fourth-order valence-electron chi connectivity index (χ4n) is 1.96. The van der Waals surface area contributed by atoms with E-state index in [4.69, 9.17) is 0 Å². The molecule has 0 aliphatic rings. The third-order valence-corrected chi connectivity index (χ3v) is 2.83. The van der Waals surface area contributed by atoms with Gasteiger partial charge in [0.25, 0.3) is 0 Å². The van der Waals surface area contributed by atoms with Crippen LogP contribution in [0.1, 0.15) is 25.5 Å². The highest BCUT2D eigenvalue weighted by Crippen LogP contribution is 2.24. The van der Waals surface area contributed by atoms with Crippen LogP contribution in [0.3, 0.4) is 0 Å². The number of hydrogen-bond acceptors (Lipinski definition) is 4. The van der Waals surface area contributed by atoms with E-state index in [-0.39, 0.29) is 11.6 Å². The zero-order chi connectivity index (χ0) is 14.4. The number of hydrogen-bond donors (Lipinski definition) is 1. The largest absolute Gasteiger partial charge is 0.453 e. The molecule has 1 aromatic carbocycles. The molecule has 1 aromatic rings. The summed E-state index contributed by atoms with van der Waals surface area (Å²) in [6.07, 6.45) is -0.679. The number of carbonyl (C=O) groups is 3. The van der Waals surface area contributed by atoms with Gasteiger partial charge in [0.15, 0.2) is 0 Å². The Morgan fingerprint density at radius 2 is 1.58 bits per heavy atom. The fourth-order valence-corrected chi connectivity index (χ4v) is 1.96. The number of carbonyl (C=O) groups excluding carboxylic acids is 3. The molecule has 0 aliphatic carbocycles. The summed E-state index contributed by atoms with van der Waals surface area (Å²) in [6.45, 7) is 2.67. The normalized spacial score (nSPS) is 11.8. The fraction of sp³-hybridized carbons (Fsp3) is 0.357. The van der Waals surface area contributed by atoms with Crippen LogP contribution >= 0.6 is 0 Å². The number of nitrogens with one attached hydrogen (secondary N) is 1. The summed E-state index contributed by atoms with van der Waals surface area (Å²) in [5, 5.41) is 2.54. The molecule has 1 atom stereocenters. The molecule has 1 N–H and O–H groups in total. The number of ether oxygens (including phenoxy) is 1. The number of methoxy groups -OCH3 is 1. The number of Topliss-reactive ketones (excluding diaryl/α,β-unsaturated/α-hetero) is 2. The summed E-state index contributed by atoms with van der Waals surface area (Å²) in [7, 11) is 1.23. The first-order valence-corrected chi connectivity index (χ1v) is 5.87. The van der Waals surface area contributed by atoms with Crippen molar-refractivity contribution >= 4 is 17.7 Å². The molecular formula is C14H17NO4. The molecule has 0 aliphatic heterocycles. The Bertz CT molecular complexity index is 456. The van der Waals surface area contributed by atoms with Crippen molar-refractivity contribution in [3.05, 3.63) is 35.9 Å². The number of amides is 1. The zero-order valence-electron chi connectivity index (χ0n) is 11.2. The monoisotopic (exact) mass is 263 g/mol. The van der Waals surface area contributed by atoms with Crippen molar-refractivity contribution in [2.45, 2.75) is 19.9 Å². The number of benzene rings is 1. The molecule has 0 heterocycles. The van der Waals surface area contributed by atoms with Crippen LogP contribution in [0.5, 0.6) is 0 Å². The Labute approximate surface area is 111 Å². The van der Waals surface area contributed by atoms with Gasteiger partial charge >= 0.3 is 6.09 Å². The molecule has 0 bridgehead atoms. The summed E-state index contributed by atoms with van der Waals surface area (Å²) in [5.74, 6) is -1.50. The Morgan fingerprint density at radius 3 is 2.00 bits per heavy atom. The lowest BCUT2D eigenvalue weighted by Crippen LogP contribution is -2.39. The standard InChI is InChI=1S/C14H17NO4/c1-9(16)12(10(2)17)13(15-14(18)19-3)11-7-5-4-6-8-11/h4-8,12-13H,1-3H3,(H,15,18). The van der Waals surface area contributed by atoms with Gasteiger partial charge < -0.3 is 10.1 Å². The lowest BCUT2D eigenvalue weighted by atomic mass is 9.87. The first-order valence-electron chi connectivity index (χ1n) is 5.87. The predicted octanol–water partition coefficient (Wildman–Crippen LogP) is 1.88. The van der Waals surface area contributed by atoms with Crippen molar-refractivity contribution in [1.82, 2.24) is 5.32 Å². The minimum absolute atomic E-state index is 0.294. The average molecular weight is 263 g/mol. The zero-order valence-corrected chi connectivity index (χ0v) is 11.2. The van der Waals surface area contributed by atoms with Crippen LogP contribution in [0.2, 0.25) is 0 Å². The summed E-state index contributed by atoms with van der Waals surface area (Å²) < 4.78 is 4.54.